The number of pyridine rings is 1. The average molecular weight is 408 g/mol. The van der Waals surface area contributed by atoms with Gasteiger partial charge in [-0.3, -0.25) is 9.78 Å². The molecule has 25 heavy (non-hydrogen) atoms. The molecule has 1 N–H and O–H groups in total. The summed E-state index contributed by atoms with van der Waals surface area (Å²) in [6.45, 7) is 1.32. The van der Waals surface area contributed by atoms with Crippen LogP contribution in [0.5, 0.6) is 11.5 Å². The van der Waals surface area contributed by atoms with Gasteiger partial charge in [-0.1, -0.05) is 0 Å². The van der Waals surface area contributed by atoms with Gasteiger partial charge >= 0.3 is 0 Å². The van der Waals surface area contributed by atoms with Crippen LogP contribution in [-0.2, 0) is 11.2 Å². The SMILES string of the molecule is COc1ccc(NC(=O)Cc2cncc(Br)c2)cc1OCCN(C)C. The molecule has 1 aromatic carbocycles. The highest BCUT2D eigenvalue weighted by Gasteiger charge is 2.09. The third-order valence-electron chi connectivity index (χ3n) is 3.37. The monoisotopic (exact) mass is 407 g/mol. The maximum Gasteiger partial charge on any atom is 0.228 e. The van der Waals surface area contributed by atoms with E-state index in [0.29, 0.717) is 23.8 Å². The number of aromatic nitrogens is 1. The van der Waals surface area contributed by atoms with Crippen molar-refractivity contribution in [2.45, 2.75) is 6.42 Å². The second-order valence-corrected chi connectivity index (χ2v) is 6.67. The van der Waals surface area contributed by atoms with E-state index in [0.717, 1.165) is 16.6 Å². The number of hydrogen-bond donors (Lipinski definition) is 1. The molecular formula is C18H22BrN3O3. The lowest BCUT2D eigenvalue weighted by atomic mass is 10.2. The summed E-state index contributed by atoms with van der Waals surface area (Å²) in [5.41, 5.74) is 1.50. The second-order valence-electron chi connectivity index (χ2n) is 5.75. The fourth-order valence-corrected chi connectivity index (χ4v) is 2.56. The van der Waals surface area contributed by atoms with E-state index in [1.54, 1.807) is 37.7 Å². The first-order valence-electron chi connectivity index (χ1n) is 7.83. The van der Waals surface area contributed by atoms with E-state index in [4.69, 9.17) is 9.47 Å². The zero-order valence-electron chi connectivity index (χ0n) is 14.6. The highest BCUT2D eigenvalue weighted by atomic mass is 79.9. The van der Waals surface area contributed by atoms with E-state index in [9.17, 15) is 4.79 Å². The summed E-state index contributed by atoms with van der Waals surface area (Å²) < 4.78 is 11.9. The quantitative estimate of drug-likeness (QED) is 0.728. The van der Waals surface area contributed by atoms with Crippen molar-refractivity contribution < 1.29 is 14.3 Å². The maximum atomic E-state index is 12.2. The van der Waals surface area contributed by atoms with Gasteiger partial charge in [-0.25, -0.2) is 0 Å². The van der Waals surface area contributed by atoms with Crippen molar-refractivity contribution in [3.63, 3.8) is 0 Å². The van der Waals surface area contributed by atoms with Crippen molar-refractivity contribution in [3.05, 3.63) is 46.7 Å². The Morgan fingerprint density at radius 2 is 2.04 bits per heavy atom. The molecule has 0 bridgehead atoms. The first-order chi connectivity index (χ1) is 12.0. The zero-order chi connectivity index (χ0) is 18.2. The van der Waals surface area contributed by atoms with Crippen molar-refractivity contribution in [1.29, 1.82) is 0 Å². The van der Waals surface area contributed by atoms with Gasteiger partial charge in [0.1, 0.15) is 6.61 Å². The summed E-state index contributed by atoms with van der Waals surface area (Å²) in [5.74, 6) is 1.11. The largest absolute Gasteiger partial charge is 0.493 e. The van der Waals surface area contributed by atoms with Crippen molar-refractivity contribution >= 4 is 27.5 Å². The van der Waals surface area contributed by atoms with Crippen molar-refractivity contribution in [2.24, 2.45) is 0 Å². The molecule has 0 saturated carbocycles. The molecule has 0 fully saturated rings. The number of hydrogen-bond acceptors (Lipinski definition) is 5. The number of likely N-dealkylation sites (N-methyl/N-ethyl adjacent to an activating group) is 1. The molecule has 2 aromatic rings. The topological polar surface area (TPSA) is 63.7 Å². The van der Waals surface area contributed by atoms with Crippen LogP contribution in [0.3, 0.4) is 0 Å². The predicted octanol–water partition coefficient (Wildman–Crippen LogP) is 2.97. The van der Waals surface area contributed by atoms with Crippen LogP contribution in [0.15, 0.2) is 41.1 Å². The van der Waals surface area contributed by atoms with E-state index in [2.05, 4.69) is 26.2 Å². The number of nitrogens with zero attached hydrogens (tertiary/aromatic N) is 2. The van der Waals surface area contributed by atoms with Crippen molar-refractivity contribution in [3.8, 4) is 11.5 Å². The molecule has 7 heteroatoms. The third kappa shape index (κ3) is 6.36. The van der Waals surface area contributed by atoms with E-state index in [-0.39, 0.29) is 12.3 Å². The Hall–Kier alpha value is -2.12. The fraction of sp³-hybridized carbons (Fsp3) is 0.333. The Bertz CT molecular complexity index is 722. The standard InChI is InChI=1S/C18H22BrN3O3/c1-22(2)6-7-25-17-10-15(4-5-16(17)24-3)21-18(23)9-13-8-14(19)12-20-11-13/h4-5,8,10-12H,6-7,9H2,1-3H3,(H,21,23). The molecular weight excluding hydrogens is 386 g/mol. The van der Waals surface area contributed by atoms with Gasteiger partial charge in [0.15, 0.2) is 11.5 Å². The molecule has 134 valence electrons. The average Bonchev–Trinajstić information content (AvgIpc) is 2.54. The molecule has 1 aromatic heterocycles. The van der Waals surface area contributed by atoms with Crippen LogP contribution in [0.25, 0.3) is 0 Å². The van der Waals surface area contributed by atoms with Gasteiger partial charge in [0.05, 0.1) is 13.5 Å². The first-order valence-corrected chi connectivity index (χ1v) is 8.62. The zero-order valence-corrected chi connectivity index (χ0v) is 16.2. The normalized spacial score (nSPS) is 10.6. The minimum absolute atomic E-state index is 0.121. The summed E-state index contributed by atoms with van der Waals surface area (Å²) in [7, 11) is 5.55. The van der Waals surface area contributed by atoms with Crippen LogP contribution in [0, 0.1) is 0 Å². The molecule has 1 heterocycles. The number of halogens is 1. The van der Waals surface area contributed by atoms with Gasteiger partial charge in [0, 0.05) is 35.2 Å². The minimum Gasteiger partial charge on any atom is -0.493 e. The van der Waals surface area contributed by atoms with Gasteiger partial charge in [-0.2, -0.15) is 0 Å². The third-order valence-corrected chi connectivity index (χ3v) is 3.80. The van der Waals surface area contributed by atoms with E-state index < -0.39 is 0 Å². The molecule has 2 rings (SSSR count). The van der Waals surface area contributed by atoms with E-state index in [1.807, 2.05) is 25.1 Å². The lowest BCUT2D eigenvalue weighted by molar-refractivity contribution is -0.115. The van der Waals surface area contributed by atoms with E-state index in [1.165, 1.54) is 0 Å². The van der Waals surface area contributed by atoms with Gasteiger partial charge < -0.3 is 19.7 Å². The number of ether oxygens (including phenoxy) is 2. The summed E-state index contributed by atoms with van der Waals surface area (Å²) in [6, 6.07) is 7.21. The summed E-state index contributed by atoms with van der Waals surface area (Å²) >= 11 is 3.35. The molecule has 0 atom stereocenters. The fourth-order valence-electron chi connectivity index (χ4n) is 2.15. The van der Waals surface area contributed by atoms with Crippen LogP contribution < -0.4 is 14.8 Å². The maximum absolute atomic E-state index is 12.2. The number of carbonyl (C=O) groups excluding carboxylic acids is 1. The van der Waals surface area contributed by atoms with Crippen LogP contribution >= 0.6 is 15.9 Å². The number of methoxy groups -OCH3 is 1. The number of carbonyl (C=O) groups is 1. The summed E-state index contributed by atoms with van der Waals surface area (Å²) in [6.07, 6.45) is 3.60. The first kappa shape index (κ1) is 19.2. The summed E-state index contributed by atoms with van der Waals surface area (Å²) in [5, 5.41) is 2.87. The Labute approximate surface area is 156 Å². The number of rotatable bonds is 8. The molecule has 0 radical (unpaired) electrons. The van der Waals surface area contributed by atoms with Crippen LogP contribution in [0.2, 0.25) is 0 Å². The van der Waals surface area contributed by atoms with E-state index >= 15 is 0 Å². The van der Waals surface area contributed by atoms with Gasteiger partial charge in [0.25, 0.3) is 0 Å². The highest BCUT2D eigenvalue weighted by Crippen LogP contribution is 2.30. The Morgan fingerprint density at radius 1 is 1.24 bits per heavy atom. The molecule has 0 unspecified atom stereocenters. The molecule has 0 aliphatic carbocycles. The van der Waals surface area contributed by atoms with Gasteiger partial charge in [-0.15, -0.1) is 0 Å². The lowest BCUT2D eigenvalue weighted by Gasteiger charge is -2.15. The minimum atomic E-state index is -0.121. The number of nitrogens with one attached hydrogen (secondary N) is 1. The molecule has 6 nitrogen and oxygen atoms in total. The molecule has 0 spiro atoms. The molecule has 0 aliphatic rings. The van der Waals surface area contributed by atoms with Crippen LogP contribution in [-0.4, -0.2) is 50.1 Å². The van der Waals surface area contributed by atoms with Gasteiger partial charge in [0.2, 0.25) is 5.91 Å². The molecule has 0 aliphatic heterocycles. The lowest BCUT2D eigenvalue weighted by Crippen LogP contribution is -2.19. The van der Waals surface area contributed by atoms with Crippen LogP contribution in [0.4, 0.5) is 5.69 Å². The smallest absolute Gasteiger partial charge is 0.228 e. The molecule has 0 saturated heterocycles. The van der Waals surface area contributed by atoms with Crippen molar-refractivity contribution in [2.75, 3.05) is 39.7 Å². The number of benzene rings is 1. The Balaban J connectivity index is 2.02. The second kappa shape index (κ2) is 9.39. The Morgan fingerprint density at radius 3 is 2.72 bits per heavy atom. The number of anilines is 1. The predicted molar refractivity (Wildman–Crippen MR) is 101 cm³/mol. The van der Waals surface area contributed by atoms with Crippen LogP contribution in [0.1, 0.15) is 5.56 Å². The highest BCUT2D eigenvalue weighted by molar-refractivity contribution is 9.10. The number of amides is 1. The molecule has 1 amide bonds. The summed E-state index contributed by atoms with van der Waals surface area (Å²) in [4.78, 5) is 18.3. The van der Waals surface area contributed by atoms with Gasteiger partial charge in [-0.05, 0) is 53.8 Å². The van der Waals surface area contributed by atoms with Crippen molar-refractivity contribution in [1.82, 2.24) is 9.88 Å². The Kier molecular flexibility index (Phi) is 7.21.